The average Bonchev–Trinajstić information content (AvgIpc) is 2.39. The van der Waals surface area contributed by atoms with Gasteiger partial charge in [-0.05, 0) is 35.2 Å². The van der Waals surface area contributed by atoms with Crippen LogP contribution < -0.4 is 5.73 Å². The lowest BCUT2D eigenvalue weighted by Gasteiger charge is -2.15. The van der Waals surface area contributed by atoms with Gasteiger partial charge in [0.15, 0.2) is 0 Å². The van der Waals surface area contributed by atoms with Crippen molar-refractivity contribution in [3.63, 3.8) is 0 Å². The quantitative estimate of drug-likeness (QED) is 0.875. The molecule has 0 radical (unpaired) electrons. The van der Waals surface area contributed by atoms with Gasteiger partial charge in [0, 0.05) is 4.47 Å². The van der Waals surface area contributed by atoms with Gasteiger partial charge in [-0.2, -0.15) is 0 Å². The number of halogens is 2. The van der Waals surface area contributed by atoms with E-state index in [2.05, 4.69) is 35.0 Å². The second-order valence-corrected chi connectivity index (χ2v) is 5.49. The minimum absolute atomic E-state index is 0.244. The second-order valence-electron chi connectivity index (χ2n) is 4.64. The van der Waals surface area contributed by atoms with Crippen molar-refractivity contribution < 1.29 is 4.39 Å². The molecule has 3 heteroatoms. The molecule has 0 spiro atoms. The van der Waals surface area contributed by atoms with Crippen LogP contribution in [0.25, 0.3) is 0 Å². The minimum atomic E-state index is -0.262. The number of rotatable bonds is 4. The summed E-state index contributed by atoms with van der Waals surface area (Å²) < 4.78 is 13.8. The number of hydrogen-bond acceptors (Lipinski definition) is 1. The Hall–Kier alpha value is -1.19. The predicted molar refractivity (Wildman–Crippen MR) is 80.6 cm³/mol. The first-order chi connectivity index (χ1) is 9.11. The molecule has 1 nitrogen and oxygen atoms in total. The highest BCUT2D eigenvalue weighted by Crippen LogP contribution is 2.28. The Labute approximate surface area is 121 Å². The van der Waals surface area contributed by atoms with Crippen LogP contribution in [0.1, 0.15) is 36.1 Å². The van der Waals surface area contributed by atoms with Crippen molar-refractivity contribution in [2.75, 3.05) is 0 Å². The number of hydrogen-bond donors (Lipinski definition) is 1. The molecule has 0 heterocycles. The third kappa shape index (κ3) is 3.43. The van der Waals surface area contributed by atoms with Gasteiger partial charge in [0.1, 0.15) is 5.82 Å². The smallest absolute Gasteiger partial charge is 0.124 e. The summed E-state index contributed by atoms with van der Waals surface area (Å²) in [7, 11) is 0. The van der Waals surface area contributed by atoms with Gasteiger partial charge in [0.2, 0.25) is 0 Å². The van der Waals surface area contributed by atoms with Crippen LogP contribution in [0.5, 0.6) is 0 Å². The van der Waals surface area contributed by atoms with Crippen LogP contribution in [0.3, 0.4) is 0 Å². The zero-order valence-corrected chi connectivity index (χ0v) is 12.5. The first kappa shape index (κ1) is 14.2. The predicted octanol–water partition coefficient (Wildman–Crippen LogP) is 4.59. The fourth-order valence-corrected chi connectivity index (χ4v) is 2.76. The zero-order valence-electron chi connectivity index (χ0n) is 10.9. The molecule has 0 aliphatic rings. The highest BCUT2D eigenvalue weighted by Gasteiger charge is 2.13. The number of nitrogens with two attached hydrogens (primary N) is 1. The van der Waals surface area contributed by atoms with Crippen LogP contribution in [0.4, 0.5) is 4.39 Å². The summed E-state index contributed by atoms with van der Waals surface area (Å²) in [6, 6.07) is 12.7. The van der Waals surface area contributed by atoms with E-state index in [-0.39, 0.29) is 11.9 Å². The molecule has 100 valence electrons. The van der Waals surface area contributed by atoms with Gasteiger partial charge in [0.25, 0.3) is 0 Å². The highest BCUT2D eigenvalue weighted by atomic mass is 79.9. The summed E-state index contributed by atoms with van der Waals surface area (Å²) >= 11 is 3.37. The molecule has 2 aromatic carbocycles. The molecule has 0 aliphatic carbocycles. The number of aryl methyl sites for hydroxylation is 1. The van der Waals surface area contributed by atoms with Crippen molar-refractivity contribution in [3.05, 3.63) is 69.4 Å². The highest BCUT2D eigenvalue weighted by molar-refractivity contribution is 9.10. The van der Waals surface area contributed by atoms with Gasteiger partial charge in [-0.25, -0.2) is 4.39 Å². The molecule has 0 bridgehead atoms. The van der Waals surface area contributed by atoms with E-state index in [1.165, 1.54) is 17.7 Å². The minimum Gasteiger partial charge on any atom is -0.320 e. The Bertz CT molecular complexity index is 568. The molecule has 0 amide bonds. The number of benzene rings is 2. The fraction of sp³-hybridized carbons (Fsp3) is 0.250. The third-order valence-electron chi connectivity index (χ3n) is 3.15. The zero-order chi connectivity index (χ0) is 13.8. The average molecular weight is 322 g/mol. The van der Waals surface area contributed by atoms with Gasteiger partial charge in [-0.15, -0.1) is 0 Å². The SMILES string of the molecule is CCCc1cccc(C(N)c2ccc(F)cc2Br)c1. The van der Waals surface area contributed by atoms with E-state index in [1.54, 1.807) is 6.07 Å². The van der Waals surface area contributed by atoms with Crippen LogP contribution in [0, 0.1) is 5.82 Å². The third-order valence-corrected chi connectivity index (χ3v) is 3.83. The Kier molecular flexibility index (Phi) is 4.72. The van der Waals surface area contributed by atoms with E-state index in [9.17, 15) is 4.39 Å². The molecule has 0 fully saturated rings. The van der Waals surface area contributed by atoms with Crippen LogP contribution in [-0.4, -0.2) is 0 Å². The molecular formula is C16H17BrFN. The molecule has 0 aromatic heterocycles. The maximum atomic E-state index is 13.1. The maximum absolute atomic E-state index is 13.1. The van der Waals surface area contributed by atoms with Gasteiger partial charge < -0.3 is 5.73 Å². The summed E-state index contributed by atoms with van der Waals surface area (Å²) in [6.07, 6.45) is 2.16. The fourth-order valence-electron chi connectivity index (χ4n) is 2.16. The molecule has 2 rings (SSSR count). The van der Waals surface area contributed by atoms with Crippen molar-refractivity contribution in [2.24, 2.45) is 5.73 Å². The summed E-state index contributed by atoms with van der Waals surface area (Å²) in [6.45, 7) is 2.16. The summed E-state index contributed by atoms with van der Waals surface area (Å²) in [4.78, 5) is 0. The standard InChI is InChI=1S/C16H17BrFN/c1-2-4-11-5-3-6-12(9-11)16(19)14-8-7-13(18)10-15(14)17/h3,5-10,16H,2,4,19H2,1H3. The molecule has 1 unspecified atom stereocenters. The van der Waals surface area contributed by atoms with Gasteiger partial charge in [-0.3, -0.25) is 0 Å². The molecule has 1 atom stereocenters. The van der Waals surface area contributed by atoms with E-state index in [0.29, 0.717) is 4.47 Å². The lowest BCUT2D eigenvalue weighted by atomic mass is 9.97. The van der Waals surface area contributed by atoms with Gasteiger partial charge in [-0.1, -0.05) is 59.6 Å². The molecule has 0 saturated carbocycles. The molecular weight excluding hydrogens is 305 g/mol. The van der Waals surface area contributed by atoms with Gasteiger partial charge >= 0.3 is 0 Å². The van der Waals surface area contributed by atoms with E-state index in [4.69, 9.17) is 5.73 Å². The molecule has 2 N–H and O–H groups in total. The van der Waals surface area contributed by atoms with Crippen LogP contribution in [-0.2, 0) is 6.42 Å². The lowest BCUT2D eigenvalue weighted by molar-refractivity contribution is 0.625. The van der Waals surface area contributed by atoms with Crippen molar-refractivity contribution in [2.45, 2.75) is 25.8 Å². The summed E-state index contributed by atoms with van der Waals surface area (Å²) in [5, 5.41) is 0. The molecule has 19 heavy (non-hydrogen) atoms. The van der Waals surface area contributed by atoms with Crippen LogP contribution in [0.15, 0.2) is 46.9 Å². The topological polar surface area (TPSA) is 26.0 Å². The Balaban J connectivity index is 2.32. The lowest BCUT2D eigenvalue weighted by Crippen LogP contribution is -2.13. The van der Waals surface area contributed by atoms with Crippen molar-refractivity contribution in [1.82, 2.24) is 0 Å². The van der Waals surface area contributed by atoms with Crippen molar-refractivity contribution in [3.8, 4) is 0 Å². The molecule has 2 aromatic rings. The molecule has 0 aliphatic heterocycles. The van der Waals surface area contributed by atoms with E-state index >= 15 is 0 Å². The first-order valence-corrected chi connectivity index (χ1v) is 7.20. The normalized spacial score (nSPS) is 12.4. The van der Waals surface area contributed by atoms with Crippen molar-refractivity contribution >= 4 is 15.9 Å². The van der Waals surface area contributed by atoms with Crippen LogP contribution >= 0.6 is 15.9 Å². The summed E-state index contributed by atoms with van der Waals surface area (Å²) in [5.74, 6) is -0.262. The summed E-state index contributed by atoms with van der Waals surface area (Å²) in [5.41, 5.74) is 9.52. The Morgan fingerprint density at radius 2 is 2.00 bits per heavy atom. The van der Waals surface area contributed by atoms with Crippen LogP contribution in [0.2, 0.25) is 0 Å². The van der Waals surface area contributed by atoms with Gasteiger partial charge in [0.05, 0.1) is 6.04 Å². The Morgan fingerprint density at radius 1 is 1.21 bits per heavy atom. The van der Waals surface area contributed by atoms with E-state index in [0.717, 1.165) is 24.0 Å². The van der Waals surface area contributed by atoms with Crippen molar-refractivity contribution in [1.29, 1.82) is 0 Å². The monoisotopic (exact) mass is 321 g/mol. The second kappa shape index (κ2) is 6.31. The van der Waals surface area contributed by atoms with E-state index < -0.39 is 0 Å². The Morgan fingerprint density at radius 3 is 2.68 bits per heavy atom. The largest absolute Gasteiger partial charge is 0.320 e. The molecule has 0 saturated heterocycles. The van der Waals surface area contributed by atoms with E-state index in [1.807, 2.05) is 12.1 Å². The maximum Gasteiger partial charge on any atom is 0.124 e. The first-order valence-electron chi connectivity index (χ1n) is 6.41.